The van der Waals surface area contributed by atoms with Crippen LogP contribution in [0.5, 0.6) is 11.8 Å². The topological polar surface area (TPSA) is 208 Å². The van der Waals surface area contributed by atoms with Crippen LogP contribution in [0.25, 0.3) is 11.0 Å². The highest BCUT2D eigenvalue weighted by Crippen LogP contribution is 2.46. The molecule has 1 saturated heterocycles. The van der Waals surface area contributed by atoms with Gasteiger partial charge in [0.15, 0.2) is 0 Å². The molecule has 0 spiro atoms. The number of ether oxygens (including phenoxy) is 3. The first kappa shape index (κ1) is 42.8. The van der Waals surface area contributed by atoms with Gasteiger partial charge in [0.25, 0.3) is 5.91 Å². The number of pyridine rings is 1. The van der Waals surface area contributed by atoms with E-state index in [1.54, 1.807) is 26.8 Å². The molecule has 318 valence electrons. The van der Waals surface area contributed by atoms with Gasteiger partial charge in [0.05, 0.1) is 30.6 Å². The highest BCUT2D eigenvalue weighted by Gasteiger charge is 2.62. The van der Waals surface area contributed by atoms with E-state index >= 15 is 0 Å². The molecule has 2 aliphatic heterocycles. The van der Waals surface area contributed by atoms with Gasteiger partial charge in [0.2, 0.25) is 39.3 Å². The maximum absolute atomic E-state index is 14.9. The van der Waals surface area contributed by atoms with E-state index in [-0.39, 0.29) is 35.7 Å². The number of nitrogens with zero attached hydrogens (tertiary/aromatic N) is 4. The lowest BCUT2D eigenvalue weighted by Gasteiger charge is -2.34. The minimum absolute atomic E-state index is 0.0278. The lowest BCUT2D eigenvalue weighted by atomic mass is 9.85. The molecule has 3 N–H and O–H groups in total. The summed E-state index contributed by atoms with van der Waals surface area (Å²) in [5.74, 6) is -4.36. The molecule has 0 aromatic carbocycles. The van der Waals surface area contributed by atoms with E-state index in [2.05, 4.69) is 30.3 Å². The summed E-state index contributed by atoms with van der Waals surface area (Å²) >= 11 is 0. The van der Waals surface area contributed by atoms with Gasteiger partial charge in [0.1, 0.15) is 34.8 Å². The van der Waals surface area contributed by atoms with Gasteiger partial charge in [-0.05, 0) is 71.1 Å². The van der Waals surface area contributed by atoms with Crippen molar-refractivity contribution in [2.24, 2.45) is 17.8 Å². The molecule has 58 heavy (non-hydrogen) atoms. The van der Waals surface area contributed by atoms with Gasteiger partial charge in [-0.15, -0.1) is 0 Å². The van der Waals surface area contributed by atoms with Crippen molar-refractivity contribution in [1.29, 1.82) is 0 Å². The molecule has 7 atom stereocenters. The van der Waals surface area contributed by atoms with E-state index < -0.39 is 105 Å². The summed E-state index contributed by atoms with van der Waals surface area (Å²) in [5.41, 5.74) is -4.29. The molecule has 6 rings (SSSR count). The van der Waals surface area contributed by atoms with Crippen LogP contribution in [0.2, 0.25) is 0 Å². The summed E-state index contributed by atoms with van der Waals surface area (Å²) in [6.45, 7) is 8.41. The van der Waals surface area contributed by atoms with E-state index in [4.69, 9.17) is 14.2 Å². The number of hydrogen-bond acceptors (Lipinski definition) is 12. The van der Waals surface area contributed by atoms with E-state index in [0.29, 0.717) is 38.5 Å². The number of carbonyl (C=O) groups excluding carboxylic acids is 4. The number of amides is 4. The number of fused-ring (bicyclic) bond motifs is 3. The molecule has 4 heterocycles. The van der Waals surface area contributed by atoms with Crippen LogP contribution in [0, 0.1) is 17.8 Å². The second-order valence-corrected chi connectivity index (χ2v) is 18.6. The monoisotopic (exact) mass is 837 g/mol. The van der Waals surface area contributed by atoms with Crippen LogP contribution in [0.15, 0.2) is 24.4 Å². The Kier molecular flexibility index (Phi) is 11.9. The number of carbonyl (C=O) groups is 4. The Morgan fingerprint density at radius 3 is 2.45 bits per heavy atom. The van der Waals surface area contributed by atoms with Gasteiger partial charge in [0, 0.05) is 18.4 Å². The van der Waals surface area contributed by atoms with Crippen LogP contribution in [-0.4, -0.2) is 100 Å². The highest BCUT2D eigenvalue weighted by molar-refractivity contribution is 7.91. The fourth-order valence-electron chi connectivity index (χ4n) is 7.61. The van der Waals surface area contributed by atoms with E-state index in [0.717, 1.165) is 11.1 Å². The lowest BCUT2D eigenvalue weighted by molar-refractivity contribution is -0.143. The number of methoxy groups -OCH3 is 1. The minimum Gasteiger partial charge on any atom is -0.481 e. The Morgan fingerprint density at radius 2 is 1.81 bits per heavy atom. The number of sulfonamides is 1. The highest BCUT2D eigenvalue weighted by atomic mass is 32.2. The van der Waals surface area contributed by atoms with Crippen molar-refractivity contribution in [2.75, 3.05) is 13.7 Å². The number of alkyl carbamates (subject to hydrolysis) is 1. The van der Waals surface area contributed by atoms with Gasteiger partial charge in [-0.1, -0.05) is 32.4 Å². The standard InChI is InChI=1S/C38H50F3N7O9S/c1-7-21-14-20(2)10-8-9-11-22-17-37(22,34(51)47-58(53,54)24-12-13-24)46-31(49)27-15-23(19-48(27)33(50)29(21)45-35(52)57-36(3,4)5)56-32-30(38(39,40)41)43-26-18-42-28(55-6)16-25(26)44-32/h9,11,16,18,20-24,27,29H,7-8,10,12-15,17,19H2,1-6H3,(H,45,52)(H,46,49)(H,47,51)/b11-9-/t20-,21-,22-,23-,27+,29+,37-/m1/s1. The largest absolute Gasteiger partial charge is 0.481 e. The van der Waals surface area contributed by atoms with Gasteiger partial charge in [-0.3, -0.25) is 19.1 Å². The number of allylic oxidation sites excluding steroid dienone is 1. The van der Waals surface area contributed by atoms with Crippen molar-refractivity contribution in [3.8, 4) is 11.8 Å². The maximum atomic E-state index is 14.9. The number of aromatic nitrogens is 3. The number of nitrogens with one attached hydrogen (secondary N) is 3. The lowest BCUT2D eigenvalue weighted by Crippen LogP contribution is -2.59. The fraction of sp³-hybridized carbons (Fsp3) is 0.658. The van der Waals surface area contributed by atoms with E-state index in [1.807, 2.05) is 19.9 Å². The molecule has 2 aliphatic carbocycles. The molecule has 20 heteroatoms. The van der Waals surface area contributed by atoms with Crippen molar-refractivity contribution < 1.29 is 55.0 Å². The minimum atomic E-state index is -5.03. The second kappa shape index (κ2) is 16.1. The average Bonchev–Trinajstić information content (AvgIpc) is 4.06. The molecular formula is C38H50F3N7O9S. The third kappa shape index (κ3) is 9.58. The third-order valence-electron chi connectivity index (χ3n) is 10.9. The zero-order valence-corrected chi connectivity index (χ0v) is 34.0. The number of halogens is 3. The zero-order valence-electron chi connectivity index (χ0n) is 33.2. The molecule has 2 aromatic rings. The molecule has 0 unspecified atom stereocenters. The first-order valence-electron chi connectivity index (χ1n) is 19.4. The Morgan fingerprint density at radius 1 is 1.09 bits per heavy atom. The van der Waals surface area contributed by atoms with Crippen LogP contribution in [0.1, 0.15) is 91.7 Å². The SMILES string of the molecule is CC[C@@H]1C[C@H](C)CC/C=C\[C@@H]2C[C@@]2(C(=O)NS(=O)(=O)C2CC2)NC(=O)[C@@H]2C[C@@H](Oc3nc4cc(OC)ncc4nc3C(F)(F)F)CN2C(=O)[C@H]1NC(=O)OC(C)(C)C. The summed E-state index contributed by atoms with van der Waals surface area (Å²) in [7, 11) is -2.69. The smallest absolute Gasteiger partial charge is 0.438 e. The van der Waals surface area contributed by atoms with Crippen LogP contribution in [0.3, 0.4) is 0 Å². The Labute approximate surface area is 334 Å². The summed E-state index contributed by atoms with van der Waals surface area (Å²) in [4.78, 5) is 69.2. The molecule has 2 aromatic heterocycles. The molecule has 0 bridgehead atoms. The quantitative estimate of drug-likeness (QED) is 0.320. The number of alkyl halides is 3. The first-order chi connectivity index (χ1) is 27.1. The van der Waals surface area contributed by atoms with Crippen LogP contribution >= 0.6 is 0 Å². The zero-order chi connectivity index (χ0) is 42.4. The average molecular weight is 838 g/mol. The predicted octanol–water partition coefficient (Wildman–Crippen LogP) is 4.18. The Hall–Kier alpha value is -4.75. The molecule has 4 amide bonds. The van der Waals surface area contributed by atoms with Crippen LogP contribution < -0.4 is 24.8 Å². The van der Waals surface area contributed by atoms with E-state index in [1.165, 1.54) is 13.2 Å². The van der Waals surface area contributed by atoms with Gasteiger partial charge >= 0.3 is 12.3 Å². The van der Waals surface area contributed by atoms with Gasteiger partial charge in [-0.25, -0.2) is 28.2 Å². The van der Waals surface area contributed by atoms with Crippen molar-refractivity contribution in [3.05, 3.63) is 30.1 Å². The van der Waals surface area contributed by atoms with Crippen LogP contribution in [0.4, 0.5) is 18.0 Å². The second-order valence-electron chi connectivity index (χ2n) is 16.7. The molecular weight excluding hydrogens is 788 g/mol. The summed E-state index contributed by atoms with van der Waals surface area (Å²) in [5, 5.41) is 4.73. The normalized spacial score (nSPS) is 28.9. The maximum Gasteiger partial charge on any atom is 0.438 e. The first-order valence-corrected chi connectivity index (χ1v) is 21.0. The van der Waals surface area contributed by atoms with Crippen molar-refractivity contribution in [3.63, 3.8) is 0 Å². The molecule has 2 saturated carbocycles. The number of rotatable bonds is 8. The van der Waals surface area contributed by atoms with Crippen LogP contribution in [-0.2, 0) is 35.3 Å². The molecule has 0 radical (unpaired) electrons. The third-order valence-corrected chi connectivity index (χ3v) is 12.7. The van der Waals surface area contributed by atoms with Crippen molar-refractivity contribution in [2.45, 2.75) is 127 Å². The van der Waals surface area contributed by atoms with Gasteiger partial charge < -0.3 is 29.7 Å². The molecule has 16 nitrogen and oxygen atoms in total. The Balaban J connectivity index is 1.39. The summed E-state index contributed by atoms with van der Waals surface area (Å²) < 4.78 is 87.7. The molecule has 3 fully saturated rings. The molecule has 4 aliphatic rings. The van der Waals surface area contributed by atoms with E-state index in [9.17, 15) is 40.8 Å². The predicted molar refractivity (Wildman–Crippen MR) is 202 cm³/mol. The fourth-order valence-corrected chi connectivity index (χ4v) is 8.98. The van der Waals surface area contributed by atoms with Crippen molar-refractivity contribution in [1.82, 2.24) is 35.2 Å². The number of hydrogen-bond donors (Lipinski definition) is 3. The van der Waals surface area contributed by atoms with Gasteiger partial charge in [-0.2, -0.15) is 13.2 Å². The van der Waals surface area contributed by atoms with Crippen molar-refractivity contribution >= 4 is 44.9 Å². The Bertz CT molecular complexity index is 2080. The summed E-state index contributed by atoms with van der Waals surface area (Å²) in [6.07, 6.45) is 0.190. The summed E-state index contributed by atoms with van der Waals surface area (Å²) in [6, 6.07) is -1.40.